The van der Waals surface area contributed by atoms with Crippen molar-refractivity contribution in [3.63, 3.8) is 0 Å². The molecule has 0 aromatic heterocycles. The van der Waals surface area contributed by atoms with Gasteiger partial charge in [-0.15, -0.1) is 13.0 Å². The van der Waals surface area contributed by atoms with Crippen LogP contribution in [0.15, 0.2) is 12.7 Å². The van der Waals surface area contributed by atoms with Gasteiger partial charge in [0.05, 0.1) is 0 Å². The van der Waals surface area contributed by atoms with Crippen LogP contribution in [-0.2, 0) is 0 Å². The zero-order valence-corrected chi connectivity index (χ0v) is 5.72. The van der Waals surface area contributed by atoms with Crippen molar-refractivity contribution >= 4 is 0 Å². The molecule has 0 aromatic carbocycles. The molecule has 1 heteroatoms. The Morgan fingerprint density at radius 2 is 2.44 bits per heavy atom. The summed E-state index contributed by atoms with van der Waals surface area (Å²) in [7, 11) is 0. The quantitative estimate of drug-likeness (QED) is 0.444. The fraction of sp³-hybridized carbons (Fsp3) is 0.500. The molecule has 0 saturated heterocycles. The maximum atomic E-state index is 9.17. The summed E-state index contributed by atoms with van der Waals surface area (Å²) < 4.78 is 0. The molecular formula is C8H12O. The standard InChI is InChI=1S/C8H12O/c1-4-6-7-8(3,9)5-2/h2,4,9H,1,6-7H2,3H3/t8-/m1/s1. The number of allylic oxidation sites excluding steroid dienone is 1. The second-order valence-corrected chi connectivity index (χ2v) is 2.25. The predicted molar refractivity (Wildman–Crippen MR) is 38.9 cm³/mol. The molecule has 0 saturated carbocycles. The van der Waals surface area contributed by atoms with Crippen LogP contribution in [0.2, 0.25) is 0 Å². The monoisotopic (exact) mass is 124 g/mol. The van der Waals surface area contributed by atoms with Crippen molar-refractivity contribution in [2.75, 3.05) is 0 Å². The maximum Gasteiger partial charge on any atom is 0.122 e. The fourth-order valence-electron chi connectivity index (χ4n) is 0.455. The lowest BCUT2D eigenvalue weighted by molar-refractivity contribution is 0.114. The van der Waals surface area contributed by atoms with Gasteiger partial charge in [-0.3, -0.25) is 0 Å². The van der Waals surface area contributed by atoms with E-state index in [9.17, 15) is 5.11 Å². The summed E-state index contributed by atoms with van der Waals surface area (Å²) in [6.45, 7) is 5.14. The Labute approximate surface area is 56.4 Å². The number of terminal acetylenes is 1. The molecule has 0 heterocycles. The van der Waals surface area contributed by atoms with Crippen LogP contribution in [0, 0.1) is 12.3 Å². The zero-order chi connectivity index (χ0) is 7.33. The lowest BCUT2D eigenvalue weighted by Crippen LogP contribution is -2.20. The zero-order valence-electron chi connectivity index (χ0n) is 5.72. The average molecular weight is 124 g/mol. The number of rotatable bonds is 3. The molecule has 1 N–H and O–H groups in total. The summed E-state index contributed by atoms with van der Waals surface area (Å²) >= 11 is 0. The third-order valence-electron chi connectivity index (χ3n) is 1.15. The first-order valence-corrected chi connectivity index (χ1v) is 2.93. The molecule has 0 aliphatic carbocycles. The van der Waals surface area contributed by atoms with Gasteiger partial charge in [-0.1, -0.05) is 12.0 Å². The smallest absolute Gasteiger partial charge is 0.122 e. The molecule has 0 fully saturated rings. The second kappa shape index (κ2) is 3.32. The van der Waals surface area contributed by atoms with Crippen LogP contribution in [0.3, 0.4) is 0 Å². The number of hydrogen-bond donors (Lipinski definition) is 1. The summed E-state index contributed by atoms with van der Waals surface area (Å²) in [5.41, 5.74) is -0.950. The van der Waals surface area contributed by atoms with Crippen LogP contribution < -0.4 is 0 Å². The van der Waals surface area contributed by atoms with Crippen molar-refractivity contribution in [2.45, 2.75) is 25.4 Å². The summed E-state index contributed by atoms with van der Waals surface area (Å²) in [5.74, 6) is 2.28. The lowest BCUT2D eigenvalue weighted by atomic mass is 10.0. The molecule has 0 spiro atoms. The molecule has 0 aliphatic rings. The minimum atomic E-state index is -0.950. The second-order valence-electron chi connectivity index (χ2n) is 2.25. The summed E-state index contributed by atoms with van der Waals surface area (Å²) in [5, 5.41) is 9.17. The van der Waals surface area contributed by atoms with Gasteiger partial charge >= 0.3 is 0 Å². The van der Waals surface area contributed by atoms with E-state index in [1.807, 2.05) is 0 Å². The Morgan fingerprint density at radius 3 is 2.78 bits per heavy atom. The van der Waals surface area contributed by atoms with Crippen LogP contribution >= 0.6 is 0 Å². The van der Waals surface area contributed by atoms with Gasteiger partial charge in [0.1, 0.15) is 5.60 Å². The number of aliphatic hydroxyl groups is 1. The van der Waals surface area contributed by atoms with Gasteiger partial charge in [0.2, 0.25) is 0 Å². The van der Waals surface area contributed by atoms with Crippen molar-refractivity contribution in [3.05, 3.63) is 12.7 Å². The van der Waals surface area contributed by atoms with Gasteiger partial charge in [0, 0.05) is 0 Å². The van der Waals surface area contributed by atoms with Crippen LogP contribution in [0.25, 0.3) is 0 Å². The van der Waals surface area contributed by atoms with E-state index < -0.39 is 5.60 Å². The topological polar surface area (TPSA) is 20.2 Å². The highest BCUT2D eigenvalue weighted by atomic mass is 16.3. The van der Waals surface area contributed by atoms with Crippen LogP contribution in [0.4, 0.5) is 0 Å². The molecule has 0 bridgehead atoms. The highest BCUT2D eigenvalue weighted by Crippen LogP contribution is 2.09. The van der Waals surface area contributed by atoms with Gasteiger partial charge < -0.3 is 5.11 Å². The van der Waals surface area contributed by atoms with E-state index in [0.29, 0.717) is 6.42 Å². The molecule has 0 rings (SSSR count). The van der Waals surface area contributed by atoms with Gasteiger partial charge in [-0.2, -0.15) is 0 Å². The predicted octanol–water partition coefficient (Wildman–Crippen LogP) is 1.34. The van der Waals surface area contributed by atoms with Crippen LogP contribution in [0.1, 0.15) is 19.8 Å². The summed E-state index contributed by atoms with van der Waals surface area (Å²) in [4.78, 5) is 0. The molecule has 50 valence electrons. The van der Waals surface area contributed by atoms with Gasteiger partial charge in [0.15, 0.2) is 0 Å². The first kappa shape index (κ1) is 8.26. The van der Waals surface area contributed by atoms with E-state index in [2.05, 4.69) is 12.5 Å². The SMILES string of the molecule is C#C[C@@](C)(O)CCC=C. The minimum Gasteiger partial charge on any atom is -0.378 e. The highest BCUT2D eigenvalue weighted by Gasteiger charge is 2.13. The van der Waals surface area contributed by atoms with E-state index in [0.717, 1.165) is 6.42 Å². The first-order chi connectivity index (χ1) is 4.12. The Balaban J connectivity index is 3.61. The van der Waals surface area contributed by atoms with E-state index in [1.54, 1.807) is 13.0 Å². The average Bonchev–Trinajstić information content (AvgIpc) is 1.84. The molecule has 0 unspecified atom stereocenters. The molecule has 1 atom stereocenters. The van der Waals surface area contributed by atoms with Gasteiger partial charge in [0.25, 0.3) is 0 Å². The Kier molecular flexibility index (Phi) is 3.05. The molecule has 0 aromatic rings. The van der Waals surface area contributed by atoms with Crippen LogP contribution in [0.5, 0.6) is 0 Å². The number of hydrogen-bond acceptors (Lipinski definition) is 1. The largest absolute Gasteiger partial charge is 0.378 e. The van der Waals surface area contributed by atoms with E-state index in [1.165, 1.54) is 0 Å². The van der Waals surface area contributed by atoms with Crippen molar-refractivity contribution in [2.24, 2.45) is 0 Å². The van der Waals surface area contributed by atoms with Crippen molar-refractivity contribution in [1.29, 1.82) is 0 Å². The van der Waals surface area contributed by atoms with E-state index in [-0.39, 0.29) is 0 Å². The summed E-state index contributed by atoms with van der Waals surface area (Å²) in [6, 6.07) is 0. The van der Waals surface area contributed by atoms with E-state index >= 15 is 0 Å². The lowest BCUT2D eigenvalue weighted by Gasteiger charge is -2.13. The highest BCUT2D eigenvalue weighted by molar-refractivity contribution is 5.04. The van der Waals surface area contributed by atoms with Crippen molar-refractivity contribution in [3.8, 4) is 12.3 Å². The molecule has 0 aliphatic heterocycles. The Hall–Kier alpha value is -0.740. The third kappa shape index (κ3) is 3.81. The maximum absolute atomic E-state index is 9.17. The molecule has 9 heavy (non-hydrogen) atoms. The molecule has 0 amide bonds. The van der Waals surface area contributed by atoms with Crippen molar-refractivity contribution < 1.29 is 5.11 Å². The Morgan fingerprint density at radius 1 is 1.89 bits per heavy atom. The van der Waals surface area contributed by atoms with Crippen molar-refractivity contribution in [1.82, 2.24) is 0 Å². The fourth-order valence-corrected chi connectivity index (χ4v) is 0.455. The van der Waals surface area contributed by atoms with E-state index in [4.69, 9.17) is 6.42 Å². The molecule has 1 nitrogen and oxygen atoms in total. The third-order valence-corrected chi connectivity index (χ3v) is 1.15. The summed E-state index contributed by atoms with van der Waals surface area (Å²) in [6.07, 6.45) is 8.11. The Bertz CT molecular complexity index is 128. The minimum absolute atomic E-state index is 0.590. The molecule has 0 radical (unpaired) electrons. The normalized spacial score (nSPS) is 15.7. The van der Waals surface area contributed by atoms with Gasteiger partial charge in [-0.25, -0.2) is 0 Å². The van der Waals surface area contributed by atoms with Crippen LogP contribution in [-0.4, -0.2) is 10.7 Å². The first-order valence-electron chi connectivity index (χ1n) is 2.93. The van der Waals surface area contributed by atoms with Gasteiger partial charge in [-0.05, 0) is 19.8 Å². The molecular weight excluding hydrogens is 112 g/mol.